The molecule has 0 aromatic heterocycles. The predicted octanol–water partition coefficient (Wildman–Crippen LogP) is 2.25. The lowest BCUT2D eigenvalue weighted by Crippen LogP contribution is -2.42. The second-order valence-corrected chi connectivity index (χ2v) is 7.30. The summed E-state index contributed by atoms with van der Waals surface area (Å²) in [5.74, 6) is -1.71. The Labute approximate surface area is 187 Å². The van der Waals surface area contributed by atoms with Crippen molar-refractivity contribution < 1.29 is 18.6 Å². The van der Waals surface area contributed by atoms with E-state index in [1.807, 2.05) is 0 Å². The molecule has 1 aliphatic rings. The van der Waals surface area contributed by atoms with E-state index in [9.17, 15) is 8.78 Å². The van der Waals surface area contributed by atoms with E-state index in [0.717, 1.165) is 38.1 Å². The van der Waals surface area contributed by atoms with Crippen LogP contribution < -0.4 is 21.5 Å². The number of nitrogens with one attached hydrogen (secondary N) is 2. The molecule has 1 saturated heterocycles. The van der Waals surface area contributed by atoms with Crippen molar-refractivity contribution >= 4 is 11.8 Å². The summed E-state index contributed by atoms with van der Waals surface area (Å²) in [5, 5.41) is 20.1. The minimum absolute atomic E-state index is 0.122. The Hall–Kier alpha value is -3.17. The Kier molecular flexibility index (Phi) is 9.90. The fraction of sp³-hybridized carbons (Fsp3) is 0.348. The molecule has 0 atom stereocenters. The maximum atomic E-state index is 14.0. The zero-order valence-corrected chi connectivity index (χ0v) is 18.2. The Morgan fingerprint density at radius 2 is 1.94 bits per heavy atom. The van der Waals surface area contributed by atoms with Crippen LogP contribution in [0.1, 0.15) is 18.4 Å². The number of methoxy groups -OCH3 is 1. The Bertz CT molecular complexity index is 904. The third kappa shape index (κ3) is 6.66. The standard InChI is InChI=1S/C23H31F2N5O2/c1-32-23-21(10-19(24)11-22(23)25)17(13-27)3-2-16(12-26)18(14-28)15-29-20-4-6-30(7-5-20)8-9-31/h2-3,10-15,20,28-29,31H,4-9,26-27H2,1H3/b3-2+,16-12+,17-13+,18-15+,28-14?. The van der Waals surface area contributed by atoms with Crippen molar-refractivity contribution in [2.24, 2.45) is 11.5 Å². The number of ether oxygens (including phenoxy) is 1. The molecule has 1 aromatic carbocycles. The number of nitrogens with two attached hydrogens (primary N) is 2. The van der Waals surface area contributed by atoms with Crippen molar-refractivity contribution in [3.05, 3.63) is 71.2 Å². The van der Waals surface area contributed by atoms with Crippen LogP contribution in [0.15, 0.2) is 54.0 Å². The summed E-state index contributed by atoms with van der Waals surface area (Å²) < 4.78 is 32.9. The molecular formula is C23H31F2N5O2. The second kappa shape index (κ2) is 12.6. The number of aliphatic hydroxyl groups excluding tert-OH is 1. The number of allylic oxidation sites excluding steroid dienone is 5. The number of halogens is 2. The van der Waals surface area contributed by atoms with Gasteiger partial charge in [0.05, 0.1) is 13.7 Å². The summed E-state index contributed by atoms with van der Waals surface area (Å²) >= 11 is 0. The molecule has 7 N–H and O–H groups in total. The zero-order valence-electron chi connectivity index (χ0n) is 18.2. The van der Waals surface area contributed by atoms with Gasteiger partial charge in [-0.3, -0.25) is 0 Å². The smallest absolute Gasteiger partial charge is 0.168 e. The minimum Gasteiger partial charge on any atom is -0.493 e. The van der Waals surface area contributed by atoms with E-state index in [4.69, 9.17) is 26.7 Å². The van der Waals surface area contributed by atoms with Crippen LogP contribution in [0.4, 0.5) is 8.78 Å². The average Bonchev–Trinajstić information content (AvgIpc) is 2.79. The van der Waals surface area contributed by atoms with Gasteiger partial charge in [-0.15, -0.1) is 0 Å². The molecule has 174 valence electrons. The molecule has 1 aromatic rings. The largest absolute Gasteiger partial charge is 0.493 e. The second-order valence-electron chi connectivity index (χ2n) is 7.30. The number of benzene rings is 1. The molecule has 0 bridgehead atoms. The molecule has 9 heteroatoms. The quantitative estimate of drug-likeness (QED) is 0.277. The van der Waals surface area contributed by atoms with Crippen molar-refractivity contribution in [3.63, 3.8) is 0 Å². The number of hydrogen-bond donors (Lipinski definition) is 5. The molecule has 0 unspecified atom stereocenters. The van der Waals surface area contributed by atoms with Gasteiger partial charge in [0.25, 0.3) is 0 Å². The first kappa shape index (κ1) is 25.1. The summed E-state index contributed by atoms with van der Waals surface area (Å²) in [5.41, 5.74) is 13.0. The fourth-order valence-corrected chi connectivity index (χ4v) is 3.53. The molecule has 0 spiro atoms. The molecule has 32 heavy (non-hydrogen) atoms. The van der Waals surface area contributed by atoms with Crippen LogP contribution >= 0.6 is 0 Å². The highest BCUT2D eigenvalue weighted by atomic mass is 19.1. The normalized spacial score (nSPS) is 17.1. The number of piperidine rings is 1. The fourth-order valence-electron chi connectivity index (χ4n) is 3.53. The predicted molar refractivity (Wildman–Crippen MR) is 123 cm³/mol. The molecule has 1 heterocycles. The van der Waals surface area contributed by atoms with Crippen LogP contribution in [0.25, 0.3) is 5.57 Å². The van der Waals surface area contributed by atoms with Gasteiger partial charge in [0.1, 0.15) is 5.82 Å². The zero-order chi connectivity index (χ0) is 23.5. The Morgan fingerprint density at radius 1 is 1.22 bits per heavy atom. The van der Waals surface area contributed by atoms with E-state index in [2.05, 4.69) is 10.2 Å². The first-order chi connectivity index (χ1) is 15.5. The van der Waals surface area contributed by atoms with Crippen molar-refractivity contribution in [1.82, 2.24) is 10.2 Å². The van der Waals surface area contributed by atoms with E-state index in [1.165, 1.54) is 25.7 Å². The SMILES string of the molecule is COc1c(F)cc(F)cc1C(/C=C/C(=C\N)C(/C=N)=C/NC1CCN(CCO)CC1)=C/N. The molecule has 0 radical (unpaired) electrons. The van der Waals surface area contributed by atoms with Crippen LogP contribution in [0.5, 0.6) is 5.75 Å². The van der Waals surface area contributed by atoms with Gasteiger partial charge in [-0.05, 0) is 18.9 Å². The topological polar surface area (TPSA) is 121 Å². The highest BCUT2D eigenvalue weighted by molar-refractivity contribution is 5.85. The Morgan fingerprint density at radius 3 is 2.50 bits per heavy atom. The summed E-state index contributed by atoms with van der Waals surface area (Å²) in [6.07, 6.45) is 10.5. The summed E-state index contributed by atoms with van der Waals surface area (Å²) in [7, 11) is 1.29. The van der Waals surface area contributed by atoms with E-state index < -0.39 is 11.6 Å². The van der Waals surface area contributed by atoms with Gasteiger partial charge in [-0.2, -0.15) is 0 Å². The van der Waals surface area contributed by atoms with Gasteiger partial charge in [0.15, 0.2) is 11.6 Å². The third-order valence-electron chi connectivity index (χ3n) is 5.29. The number of likely N-dealkylation sites (tertiary alicyclic amines) is 1. The Balaban J connectivity index is 2.15. The number of aliphatic hydroxyl groups is 1. The molecule has 1 aliphatic heterocycles. The monoisotopic (exact) mass is 447 g/mol. The van der Waals surface area contributed by atoms with Crippen LogP contribution in [-0.4, -0.2) is 55.6 Å². The first-order valence-corrected chi connectivity index (χ1v) is 10.3. The lowest BCUT2D eigenvalue weighted by atomic mass is 10.0. The summed E-state index contributed by atoms with van der Waals surface area (Å²) in [6.45, 7) is 2.61. The highest BCUT2D eigenvalue weighted by Gasteiger charge is 2.18. The maximum absolute atomic E-state index is 14.0. The van der Waals surface area contributed by atoms with Gasteiger partial charge < -0.3 is 36.9 Å². The lowest BCUT2D eigenvalue weighted by Gasteiger charge is -2.31. The van der Waals surface area contributed by atoms with Gasteiger partial charge in [-0.25, -0.2) is 8.78 Å². The lowest BCUT2D eigenvalue weighted by molar-refractivity contribution is 0.160. The highest BCUT2D eigenvalue weighted by Crippen LogP contribution is 2.30. The van der Waals surface area contributed by atoms with Crippen LogP contribution in [0.3, 0.4) is 0 Å². The molecular weight excluding hydrogens is 416 g/mol. The van der Waals surface area contributed by atoms with Crippen LogP contribution in [0, 0.1) is 17.0 Å². The number of rotatable bonds is 10. The van der Waals surface area contributed by atoms with E-state index in [1.54, 1.807) is 18.4 Å². The molecule has 0 aliphatic carbocycles. The van der Waals surface area contributed by atoms with Crippen molar-refractivity contribution in [2.75, 3.05) is 33.4 Å². The molecule has 1 fully saturated rings. The number of hydrogen-bond acceptors (Lipinski definition) is 7. The van der Waals surface area contributed by atoms with Crippen LogP contribution in [0.2, 0.25) is 0 Å². The number of β-amino-alcohol motifs (C(OH)–C–C–N with tert-alkyl or cyclic N) is 1. The molecule has 7 nitrogen and oxygen atoms in total. The van der Waals surface area contributed by atoms with Gasteiger partial charge in [-0.1, -0.05) is 12.2 Å². The van der Waals surface area contributed by atoms with Gasteiger partial charge in [0, 0.05) is 78.8 Å². The molecule has 0 amide bonds. The van der Waals surface area contributed by atoms with Gasteiger partial charge >= 0.3 is 0 Å². The third-order valence-corrected chi connectivity index (χ3v) is 5.29. The van der Waals surface area contributed by atoms with Crippen molar-refractivity contribution in [3.8, 4) is 5.75 Å². The number of nitrogens with zero attached hydrogens (tertiary/aromatic N) is 1. The maximum Gasteiger partial charge on any atom is 0.168 e. The van der Waals surface area contributed by atoms with E-state index in [-0.39, 0.29) is 24.0 Å². The van der Waals surface area contributed by atoms with Crippen molar-refractivity contribution in [1.29, 1.82) is 5.41 Å². The van der Waals surface area contributed by atoms with Crippen LogP contribution in [-0.2, 0) is 0 Å². The van der Waals surface area contributed by atoms with E-state index >= 15 is 0 Å². The molecule has 2 rings (SSSR count). The van der Waals surface area contributed by atoms with E-state index in [0.29, 0.717) is 23.3 Å². The minimum atomic E-state index is -0.834. The summed E-state index contributed by atoms with van der Waals surface area (Å²) in [6, 6.07) is 2.12. The molecule has 0 saturated carbocycles. The average molecular weight is 448 g/mol. The first-order valence-electron chi connectivity index (χ1n) is 10.3. The van der Waals surface area contributed by atoms with Gasteiger partial charge in [0.2, 0.25) is 0 Å². The van der Waals surface area contributed by atoms with Crippen molar-refractivity contribution in [2.45, 2.75) is 18.9 Å². The summed E-state index contributed by atoms with van der Waals surface area (Å²) in [4.78, 5) is 2.21.